The van der Waals surface area contributed by atoms with E-state index in [2.05, 4.69) is 11.4 Å². The number of aryl methyl sites for hydroxylation is 2. The first kappa shape index (κ1) is 23.0. The number of sulfonamides is 1. The number of ether oxygens (including phenoxy) is 1. The molecule has 0 aromatic heterocycles. The third-order valence-corrected chi connectivity index (χ3v) is 5.58. The van der Waals surface area contributed by atoms with E-state index in [0.29, 0.717) is 30.3 Å². The van der Waals surface area contributed by atoms with Crippen LogP contribution in [0, 0.1) is 13.8 Å². The Balaban J connectivity index is 1.76. The fourth-order valence-electron chi connectivity index (χ4n) is 2.96. The number of halogens is 1. The van der Waals surface area contributed by atoms with Crippen molar-refractivity contribution in [1.29, 1.82) is 0 Å². The van der Waals surface area contributed by atoms with E-state index in [1.165, 1.54) is 4.31 Å². The number of rotatable bonds is 10. The molecule has 0 bridgehead atoms. The quantitative estimate of drug-likeness (QED) is 0.574. The lowest BCUT2D eigenvalue weighted by Gasteiger charge is -2.22. The summed E-state index contributed by atoms with van der Waals surface area (Å²) in [6, 6.07) is 12.6. The summed E-state index contributed by atoms with van der Waals surface area (Å²) in [4.78, 5) is 12.0. The molecule has 0 radical (unpaired) electrons. The minimum absolute atomic E-state index is 0.145. The molecular formula is C21H27ClN2O4S. The van der Waals surface area contributed by atoms with Crippen molar-refractivity contribution >= 4 is 33.2 Å². The van der Waals surface area contributed by atoms with E-state index in [9.17, 15) is 13.2 Å². The van der Waals surface area contributed by atoms with Gasteiger partial charge in [0.05, 0.1) is 18.5 Å². The number of hydrogen-bond donors (Lipinski definition) is 1. The highest BCUT2D eigenvalue weighted by Gasteiger charge is 2.17. The standard InChI is InChI=1S/C21H27ClN2O4S/c1-16-12-17(2)14-20(13-16)28-11-9-23-21(25)8-5-10-24(29(3,26)27)19-7-4-6-18(22)15-19/h4,6-7,12-15H,5,8-11H2,1-3H3,(H,23,25). The topological polar surface area (TPSA) is 75.7 Å². The van der Waals surface area contributed by atoms with Crippen LogP contribution in [0.1, 0.15) is 24.0 Å². The van der Waals surface area contributed by atoms with Crippen molar-refractivity contribution in [3.63, 3.8) is 0 Å². The van der Waals surface area contributed by atoms with Crippen molar-refractivity contribution in [2.75, 3.05) is 30.3 Å². The maximum absolute atomic E-state index is 12.1. The Morgan fingerprint density at radius 3 is 2.45 bits per heavy atom. The summed E-state index contributed by atoms with van der Waals surface area (Å²) in [6.07, 6.45) is 1.75. The minimum Gasteiger partial charge on any atom is -0.492 e. The van der Waals surface area contributed by atoms with Crippen molar-refractivity contribution < 1.29 is 17.9 Å². The van der Waals surface area contributed by atoms with Gasteiger partial charge >= 0.3 is 0 Å². The maximum atomic E-state index is 12.1. The van der Waals surface area contributed by atoms with Gasteiger partial charge in [-0.1, -0.05) is 23.7 Å². The Morgan fingerprint density at radius 1 is 1.14 bits per heavy atom. The molecule has 158 valence electrons. The van der Waals surface area contributed by atoms with E-state index in [1.54, 1.807) is 24.3 Å². The molecule has 2 rings (SSSR count). The van der Waals surface area contributed by atoms with Crippen LogP contribution in [-0.2, 0) is 14.8 Å². The SMILES string of the molecule is Cc1cc(C)cc(OCCNC(=O)CCCN(c2cccc(Cl)c2)S(C)(=O)=O)c1. The van der Waals surface area contributed by atoms with Crippen molar-refractivity contribution in [2.45, 2.75) is 26.7 Å². The second kappa shape index (κ2) is 10.5. The van der Waals surface area contributed by atoms with E-state index in [0.717, 1.165) is 23.1 Å². The van der Waals surface area contributed by atoms with Gasteiger partial charge in [0, 0.05) is 18.0 Å². The van der Waals surface area contributed by atoms with Crippen LogP contribution in [0.25, 0.3) is 0 Å². The highest BCUT2D eigenvalue weighted by atomic mass is 35.5. The Hall–Kier alpha value is -2.25. The number of nitrogens with one attached hydrogen (secondary N) is 1. The molecule has 0 spiro atoms. The molecule has 0 saturated heterocycles. The number of nitrogens with zero attached hydrogens (tertiary/aromatic N) is 1. The summed E-state index contributed by atoms with van der Waals surface area (Å²) < 4.78 is 31.1. The maximum Gasteiger partial charge on any atom is 0.232 e. The highest BCUT2D eigenvalue weighted by molar-refractivity contribution is 7.92. The van der Waals surface area contributed by atoms with Crippen molar-refractivity contribution in [3.8, 4) is 5.75 Å². The minimum atomic E-state index is -3.47. The van der Waals surface area contributed by atoms with Crippen LogP contribution in [0.2, 0.25) is 5.02 Å². The molecule has 1 N–H and O–H groups in total. The molecule has 0 heterocycles. The highest BCUT2D eigenvalue weighted by Crippen LogP contribution is 2.22. The molecule has 0 fully saturated rings. The molecule has 0 atom stereocenters. The molecule has 2 aromatic carbocycles. The van der Waals surface area contributed by atoms with Gasteiger partial charge in [0.25, 0.3) is 0 Å². The average Bonchev–Trinajstić information content (AvgIpc) is 2.60. The second-order valence-electron chi connectivity index (χ2n) is 6.94. The van der Waals surface area contributed by atoms with Crippen molar-refractivity contribution in [1.82, 2.24) is 5.32 Å². The van der Waals surface area contributed by atoms with Gasteiger partial charge in [0.2, 0.25) is 15.9 Å². The van der Waals surface area contributed by atoms with Crippen LogP contribution in [0.4, 0.5) is 5.69 Å². The van der Waals surface area contributed by atoms with Crippen molar-refractivity contribution in [2.24, 2.45) is 0 Å². The van der Waals surface area contributed by atoms with Gasteiger partial charge in [-0.25, -0.2) is 8.42 Å². The summed E-state index contributed by atoms with van der Waals surface area (Å²) in [7, 11) is -3.47. The van der Waals surface area contributed by atoms with Crippen LogP contribution >= 0.6 is 11.6 Å². The molecule has 0 saturated carbocycles. The summed E-state index contributed by atoms with van der Waals surface area (Å²) in [5.74, 6) is 0.635. The molecule has 0 aliphatic carbocycles. The fraction of sp³-hybridized carbons (Fsp3) is 0.381. The van der Waals surface area contributed by atoms with Gasteiger partial charge in [0.1, 0.15) is 12.4 Å². The first-order valence-corrected chi connectivity index (χ1v) is 11.6. The molecule has 2 aromatic rings. The lowest BCUT2D eigenvalue weighted by Crippen LogP contribution is -2.32. The third kappa shape index (κ3) is 7.95. The molecule has 1 amide bonds. The Morgan fingerprint density at radius 2 is 1.83 bits per heavy atom. The molecule has 0 aliphatic rings. The average molecular weight is 439 g/mol. The monoisotopic (exact) mass is 438 g/mol. The zero-order valence-electron chi connectivity index (χ0n) is 16.9. The number of carbonyl (C=O) groups is 1. The van der Waals surface area contributed by atoms with Gasteiger partial charge in [0.15, 0.2) is 0 Å². The predicted molar refractivity (Wildman–Crippen MR) is 117 cm³/mol. The van der Waals surface area contributed by atoms with Gasteiger partial charge in [-0.15, -0.1) is 0 Å². The van der Waals surface area contributed by atoms with Gasteiger partial charge < -0.3 is 10.1 Å². The summed E-state index contributed by atoms with van der Waals surface area (Å²) >= 11 is 5.96. The molecule has 8 heteroatoms. The lowest BCUT2D eigenvalue weighted by molar-refractivity contribution is -0.121. The number of carbonyl (C=O) groups excluding carboxylic acids is 1. The first-order valence-electron chi connectivity index (χ1n) is 9.36. The lowest BCUT2D eigenvalue weighted by atomic mass is 10.1. The Bertz CT molecular complexity index is 927. The zero-order chi connectivity index (χ0) is 21.4. The normalized spacial score (nSPS) is 11.2. The fourth-order valence-corrected chi connectivity index (χ4v) is 4.11. The van der Waals surface area contributed by atoms with Crippen molar-refractivity contribution in [3.05, 3.63) is 58.6 Å². The van der Waals surface area contributed by atoms with Gasteiger partial charge in [-0.05, 0) is 61.7 Å². The molecule has 0 aliphatic heterocycles. The van der Waals surface area contributed by atoms with E-state index in [4.69, 9.17) is 16.3 Å². The third-order valence-electron chi connectivity index (χ3n) is 4.15. The van der Waals surface area contributed by atoms with E-state index in [-0.39, 0.29) is 18.9 Å². The molecule has 0 unspecified atom stereocenters. The van der Waals surface area contributed by atoms with E-state index < -0.39 is 10.0 Å². The van der Waals surface area contributed by atoms with Crippen LogP contribution in [0.15, 0.2) is 42.5 Å². The molecule has 6 nitrogen and oxygen atoms in total. The van der Waals surface area contributed by atoms with E-state index in [1.807, 2.05) is 26.0 Å². The van der Waals surface area contributed by atoms with Crippen LogP contribution in [0.5, 0.6) is 5.75 Å². The largest absolute Gasteiger partial charge is 0.492 e. The molecule has 29 heavy (non-hydrogen) atoms. The number of hydrogen-bond acceptors (Lipinski definition) is 4. The second-order valence-corrected chi connectivity index (χ2v) is 9.28. The predicted octanol–water partition coefficient (Wildman–Crippen LogP) is 3.70. The van der Waals surface area contributed by atoms with Crippen LogP contribution in [0.3, 0.4) is 0 Å². The number of amides is 1. The summed E-state index contributed by atoms with van der Waals surface area (Å²) in [6.45, 7) is 4.96. The summed E-state index contributed by atoms with van der Waals surface area (Å²) in [5, 5.41) is 3.25. The number of anilines is 1. The van der Waals surface area contributed by atoms with Gasteiger partial charge in [-0.3, -0.25) is 9.10 Å². The van der Waals surface area contributed by atoms with Crippen LogP contribution < -0.4 is 14.4 Å². The van der Waals surface area contributed by atoms with Crippen LogP contribution in [-0.4, -0.2) is 40.3 Å². The smallest absolute Gasteiger partial charge is 0.232 e. The number of benzene rings is 2. The molecular weight excluding hydrogens is 412 g/mol. The van der Waals surface area contributed by atoms with Gasteiger partial charge in [-0.2, -0.15) is 0 Å². The zero-order valence-corrected chi connectivity index (χ0v) is 18.5. The Labute approximate surface area is 177 Å². The first-order chi connectivity index (χ1) is 13.6. The Kier molecular flexibility index (Phi) is 8.34. The summed E-state index contributed by atoms with van der Waals surface area (Å²) in [5.41, 5.74) is 2.74. The van der Waals surface area contributed by atoms with E-state index >= 15 is 0 Å².